The number of aromatic nitrogens is 2. The molecule has 0 radical (unpaired) electrons. The van der Waals surface area contributed by atoms with Gasteiger partial charge in [0.15, 0.2) is 4.34 Å². The molecule has 2 aromatic rings. The van der Waals surface area contributed by atoms with Gasteiger partial charge in [-0.25, -0.2) is 9.59 Å². The maximum Gasteiger partial charge on any atom is 0.338 e. The first-order chi connectivity index (χ1) is 12.5. The van der Waals surface area contributed by atoms with Crippen molar-refractivity contribution in [2.24, 2.45) is 0 Å². The van der Waals surface area contributed by atoms with E-state index in [1.54, 1.807) is 24.3 Å². The third-order valence-electron chi connectivity index (χ3n) is 3.61. The largest absolute Gasteiger partial charge is 0.466 e. The molecule has 2 heterocycles. The van der Waals surface area contributed by atoms with Crippen molar-refractivity contribution in [3.63, 3.8) is 0 Å². The normalized spacial score (nSPS) is 16.9. The molecule has 1 aromatic heterocycles. The number of carbonyl (C=O) groups is 2. The van der Waals surface area contributed by atoms with Crippen molar-refractivity contribution in [2.45, 2.75) is 17.3 Å². The molecule has 0 spiro atoms. The molecule has 1 aliphatic rings. The van der Waals surface area contributed by atoms with Crippen LogP contribution in [0.5, 0.6) is 0 Å². The summed E-state index contributed by atoms with van der Waals surface area (Å²) in [7, 11) is 1.31. The zero-order chi connectivity index (χ0) is 18.7. The fourth-order valence-corrected chi connectivity index (χ4v) is 4.37. The fraction of sp³-hybridized carbons (Fsp3) is 0.250. The Morgan fingerprint density at radius 3 is 2.69 bits per heavy atom. The number of halogens is 1. The maximum atomic E-state index is 12.4. The standard InChI is InChI=1S/C16H15ClN4O3S2/c1-8-20-21-16(26-8)25-7-11-12(14(22)24-2)13(19-15(23)18-11)9-3-5-10(17)6-4-9/h3-6,13H,7H2,1-2H3,(H2,18,19,23)/t13-/m0/s1. The molecule has 1 aliphatic heterocycles. The molecule has 26 heavy (non-hydrogen) atoms. The maximum absolute atomic E-state index is 12.4. The van der Waals surface area contributed by atoms with E-state index in [1.165, 1.54) is 30.2 Å². The number of esters is 1. The second kappa shape index (κ2) is 8.07. The van der Waals surface area contributed by atoms with E-state index in [1.807, 2.05) is 6.92 Å². The molecule has 0 fully saturated rings. The first-order valence-corrected chi connectivity index (χ1v) is 9.73. The quantitative estimate of drug-likeness (QED) is 0.581. The Hall–Kier alpha value is -2.10. The third kappa shape index (κ3) is 4.17. The number of nitrogens with zero attached hydrogens (tertiary/aromatic N) is 2. The van der Waals surface area contributed by atoms with Crippen LogP contribution in [0.2, 0.25) is 5.02 Å². The van der Waals surface area contributed by atoms with Crippen LogP contribution >= 0.6 is 34.7 Å². The summed E-state index contributed by atoms with van der Waals surface area (Å²) in [5, 5.41) is 14.9. The summed E-state index contributed by atoms with van der Waals surface area (Å²) < 4.78 is 5.70. The van der Waals surface area contributed by atoms with Crippen molar-refractivity contribution in [3.8, 4) is 0 Å². The first-order valence-electron chi connectivity index (χ1n) is 7.55. The van der Waals surface area contributed by atoms with Crippen molar-refractivity contribution in [2.75, 3.05) is 12.9 Å². The van der Waals surface area contributed by atoms with E-state index in [9.17, 15) is 9.59 Å². The van der Waals surface area contributed by atoms with Crippen LogP contribution in [0.4, 0.5) is 4.79 Å². The Labute approximate surface area is 163 Å². The smallest absolute Gasteiger partial charge is 0.338 e. The molecule has 3 rings (SSSR count). The summed E-state index contributed by atoms with van der Waals surface area (Å²) >= 11 is 8.78. The van der Waals surface area contributed by atoms with Crippen LogP contribution in [0, 0.1) is 6.92 Å². The minimum Gasteiger partial charge on any atom is -0.466 e. The highest BCUT2D eigenvalue weighted by Crippen LogP contribution is 2.31. The number of amides is 2. The molecule has 2 N–H and O–H groups in total. The minimum absolute atomic E-state index is 0.350. The molecule has 10 heteroatoms. The number of benzene rings is 1. The second-order valence-electron chi connectivity index (χ2n) is 5.34. The van der Waals surface area contributed by atoms with Gasteiger partial charge in [-0.05, 0) is 24.6 Å². The first kappa shape index (κ1) is 18.7. The number of urea groups is 1. The van der Waals surface area contributed by atoms with E-state index >= 15 is 0 Å². The zero-order valence-electron chi connectivity index (χ0n) is 13.9. The molecular formula is C16H15ClN4O3S2. The van der Waals surface area contributed by atoms with E-state index in [2.05, 4.69) is 20.8 Å². The fourth-order valence-electron chi connectivity index (χ4n) is 2.46. The van der Waals surface area contributed by atoms with Crippen molar-refractivity contribution in [1.29, 1.82) is 0 Å². The van der Waals surface area contributed by atoms with Gasteiger partial charge in [0.1, 0.15) is 5.01 Å². The van der Waals surface area contributed by atoms with Crippen LogP contribution in [0.25, 0.3) is 0 Å². The molecule has 1 aromatic carbocycles. The molecule has 7 nitrogen and oxygen atoms in total. The van der Waals surface area contributed by atoms with Gasteiger partial charge in [-0.15, -0.1) is 10.2 Å². The van der Waals surface area contributed by atoms with Gasteiger partial charge in [-0.2, -0.15) is 0 Å². The summed E-state index contributed by atoms with van der Waals surface area (Å²) in [5.74, 6) is -0.155. The Kier molecular flexibility index (Phi) is 5.80. The Balaban J connectivity index is 1.95. The number of thioether (sulfide) groups is 1. The molecule has 0 saturated heterocycles. The number of hydrogen-bond acceptors (Lipinski definition) is 7. The summed E-state index contributed by atoms with van der Waals surface area (Å²) in [6, 6.07) is 5.93. The van der Waals surface area contributed by atoms with Crippen LogP contribution in [-0.4, -0.2) is 35.1 Å². The Morgan fingerprint density at radius 2 is 2.08 bits per heavy atom. The Bertz CT molecular complexity index is 867. The summed E-state index contributed by atoms with van der Waals surface area (Å²) in [6.07, 6.45) is 0. The molecular weight excluding hydrogens is 396 g/mol. The molecule has 0 bridgehead atoms. The van der Waals surface area contributed by atoms with Crippen LogP contribution in [0.15, 0.2) is 39.9 Å². The van der Waals surface area contributed by atoms with E-state index in [4.69, 9.17) is 16.3 Å². The summed E-state index contributed by atoms with van der Waals surface area (Å²) in [4.78, 5) is 24.5. The van der Waals surface area contributed by atoms with Crippen molar-refractivity contribution < 1.29 is 14.3 Å². The SMILES string of the molecule is COC(=O)C1=C(CSc2nnc(C)s2)NC(=O)N[C@H]1c1ccc(Cl)cc1. The van der Waals surface area contributed by atoms with Crippen LogP contribution < -0.4 is 10.6 Å². The van der Waals surface area contributed by atoms with E-state index in [-0.39, 0.29) is 6.03 Å². The lowest BCUT2D eigenvalue weighted by Gasteiger charge is -2.29. The van der Waals surface area contributed by atoms with Gasteiger partial charge in [-0.1, -0.05) is 46.8 Å². The van der Waals surface area contributed by atoms with Gasteiger partial charge in [0, 0.05) is 16.5 Å². The van der Waals surface area contributed by atoms with Crippen molar-refractivity contribution in [3.05, 3.63) is 51.1 Å². The van der Waals surface area contributed by atoms with E-state index in [0.29, 0.717) is 22.0 Å². The van der Waals surface area contributed by atoms with Gasteiger partial charge in [-0.3, -0.25) is 0 Å². The average molecular weight is 411 g/mol. The second-order valence-corrected chi connectivity index (χ2v) is 8.18. The van der Waals surface area contributed by atoms with Crippen molar-refractivity contribution >= 4 is 46.7 Å². The number of aryl methyl sites for hydroxylation is 1. The Morgan fingerprint density at radius 1 is 1.35 bits per heavy atom. The minimum atomic E-state index is -0.625. The highest BCUT2D eigenvalue weighted by Gasteiger charge is 2.33. The summed E-state index contributed by atoms with van der Waals surface area (Å²) in [5.41, 5.74) is 1.57. The molecule has 1 atom stereocenters. The van der Waals surface area contributed by atoms with Gasteiger partial charge >= 0.3 is 12.0 Å². The number of ether oxygens (including phenoxy) is 1. The van der Waals surface area contributed by atoms with Crippen LogP contribution in [0.3, 0.4) is 0 Å². The number of methoxy groups -OCH3 is 1. The van der Waals surface area contributed by atoms with E-state index in [0.717, 1.165) is 14.9 Å². The molecule has 0 aliphatic carbocycles. The van der Waals surface area contributed by atoms with Gasteiger partial charge in [0.05, 0.1) is 18.7 Å². The van der Waals surface area contributed by atoms with Crippen LogP contribution in [0.1, 0.15) is 16.6 Å². The molecule has 0 saturated carbocycles. The lowest BCUT2D eigenvalue weighted by atomic mass is 9.95. The number of hydrogen-bond donors (Lipinski definition) is 2. The molecule has 2 amide bonds. The average Bonchev–Trinajstić information content (AvgIpc) is 3.05. The predicted octanol–water partition coefficient (Wildman–Crippen LogP) is 3.07. The van der Waals surface area contributed by atoms with E-state index < -0.39 is 12.0 Å². The number of carbonyl (C=O) groups excluding carboxylic acids is 2. The highest BCUT2D eigenvalue weighted by atomic mass is 35.5. The van der Waals surface area contributed by atoms with Gasteiger partial charge in [0.2, 0.25) is 0 Å². The molecule has 0 unspecified atom stereocenters. The third-order valence-corrected chi connectivity index (χ3v) is 5.86. The van der Waals surface area contributed by atoms with Gasteiger partial charge < -0.3 is 15.4 Å². The summed E-state index contributed by atoms with van der Waals surface area (Å²) in [6.45, 7) is 1.86. The van der Waals surface area contributed by atoms with Crippen molar-refractivity contribution in [1.82, 2.24) is 20.8 Å². The van der Waals surface area contributed by atoms with Gasteiger partial charge in [0.25, 0.3) is 0 Å². The lowest BCUT2D eigenvalue weighted by Crippen LogP contribution is -2.46. The highest BCUT2D eigenvalue weighted by molar-refractivity contribution is 8.01. The predicted molar refractivity (Wildman–Crippen MR) is 100 cm³/mol. The van der Waals surface area contributed by atoms with Crippen LogP contribution in [-0.2, 0) is 9.53 Å². The molecule has 136 valence electrons. The number of nitrogens with one attached hydrogen (secondary N) is 2. The monoisotopic (exact) mass is 410 g/mol. The topological polar surface area (TPSA) is 93.2 Å². The number of rotatable bonds is 5. The lowest BCUT2D eigenvalue weighted by molar-refractivity contribution is -0.136. The zero-order valence-corrected chi connectivity index (χ0v) is 16.3.